The SMILES string of the molecule is C/C=C/CNCCCC1CC1. The Morgan fingerprint density at radius 1 is 1.45 bits per heavy atom. The van der Waals surface area contributed by atoms with Gasteiger partial charge < -0.3 is 5.32 Å². The van der Waals surface area contributed by atoms with E-state index in [4.69, 9.17) is 0 Å². The number of rotatable bonds is 6. The molecule has 0 radical (unpaired) electrons. The van der Waals surface area contributed by atoms with Crippen molar-refractivity contribution in [2.75, 3.05) is 13.1 Å². The largest absolute Gasteiger partial charge is 0.313 e. The van der Waals surface area contributed by atoms with Gasteiger partial charge >= 0.3 is 0 Å². The second-order valence-electron chi connectivity index (χ2n) is 3.36. The summed E-state index contributed by atoms with van der Waals surface area (Å²) < 4.78 is 0. The molecule has 0 bridgehead atoms. The van der Waals surface area contributed by atoms with Crippen LogP contribution in [0.3, 0.4) is 0 Å². The number of allylic oxidation sites excluding steroid dienone is 1. The van der Waals surface area contributed by atoms with Crippen LogP contribution in [0.15, 0.2) is 12.2 Å². The Kier molecular flexibility index (Phi) is 4.29. The van der Waals surface area contributed by atoms with Crippen LogP contribution >= 0.6 is 0 Å². The molecule has 1 fully saturated rings. The highest BCUT2D eigenvalue weighted by molar-refractivity contribution is 4.79. The van der Waals surface area contributed by atoms with Gasteiger partial charge in [0.25, 0.3) is 0 Å². The highest BCUT2D eigenvalue weighted by Gasteiger charge is 2.19. The van der Waals surface area contributed by atoms with Gasteiger partial charge in [-0.15, -0.1) is 0 Å². The van der Waals surface area contributed by atoms with Gasteiger partial charge in [-0.2, -0.15) is 0 Å². The molecule has 1 heteroatoms. The van der Waals surface area contributed by atoms with Crippen LogP contribution in [0.4, 0.5) is 0 Å². The number of hydrogen-bond donors (Lipinski definition) is 1. The van der Waals surface area contributed by atoms with Gasteiger partial charge in [-0.25, -0.2) is 0 Å². The van der Waals surface area contributed by atoms with Crippen LogP contribution in [0, 0.1) is 5.92 Å². The fourth-order valence-corrected chi connectivity index (χ4v) is 1.23. The molecule has 1 nitrogen and oxygen atoms in total. The van der Waals surface area contributed by atoms with E-state index in [-0.39, 0.29) is 0 Å². The lowest BCUT2D eigenvalue weighted by molar-refractivity contribution is 0.616. The quantitative estimate of drug-likeness (QED) is 0.456. The Morgan fingerprint density at radius 3 is 2.91 bits per heavy atom. The minimum Gasteiger partial charge on any atom is -0.313 e. The summed E-state index contributed by atoms with van der Waals surface area (Å²) in [5.74, 6) is 1.10. The predicted molar refractivity (Wildman–Crippen MR) is 49.6 cm³/mol. The van der Waals surface area contributed by atoms with Crippen molar-refractivity contribution in [3.8, 4) is 0 Å². The van der Waals surface area contributed by atoms with Gasteiger partial charge in [0.2, 0.25) is 0 Å². The lowest BCUT2D eigenvalue weighted by atomic mass is 10.2. The van der Waals surface area contributed by atoms with Gasteiger partial charge in [0.15, 0.2) is 0 Å². The second kappa shape index (κ2) is 5.36. The Balaban J connectivity index is 1.72. The maximum atomic E-state index is 3.38. The Hall–Kier alpha value is -0.300. The fourth-order valence-electron chi connectivity index (χ4n) is 1.23. The van der Waals surface area contributed by atoms with Gasteiger partial charge in [0.05, 0.1) is 0 Å². The first-order chi connectivity index (χ1) is 5.43. The first-order valence-corrected chi connectivity index (χ1v) is 4.75. The van der Waals surface area contributed by atoms with E-state index in [1.54, 1.807) is 0 Å². The van der Waals surface area contributed by atoms with E-state index >= 15 is 0 Å². The first-order valence-electron chi connectivity index (χ1n) is 4.75. The fraction of sp³-hybridized carbons (Fsp3) is 0.800. The summed E-state index contributed by atoms with van der Waals surface area (Å²) in [5.41, 5.74) is 0. The van der Waals surface area contributed by atoms with E-state index < -0.39 is 0 Å². The van der Waals surface area contributed by atoms with Crippen LogP contribution in [-0.2, 0) is 0 Å². The molecule has 1 aliphatic carbocycles. The van der Waals surface area contributed by atoms with Gasteiger partial charge in [-0.1, -0.05) is 25.0 Å². The molecule has 0 aliphatic heterocycles. The maximum Gasteiger partial charge on any atom is 0.0134 e. The molecule has 1 aliphatic rings. The first kappa shape index (κ1) is 8.79. The summed E-state index contributed by atoms with van der Waals surface area (Å²) in [7, 11) is 0. The average molecular weight is 153 g/mol. The summed E-state index contributed by atoms with van der Waals surface area (Å²) >= 11 is 0. The molecular weight excluding hydrogens is 134 g/mol. The molecular formula is C10H19N. The highest BCUT2D eigenvalue weighted by Crippen LogP contribution is 2.33. The standard InChI is InChI=1S/C10H19N/c1-2-3-8-11-9-4-5-10-6-7-10/h2-3,10-11H,4-9H2,1H3/b3-2+. The summed E-state index contributed by atoms with van der Waals surface area (Å²) in [4.78, 5) is 0. The normalized spacial score (nSPS) is 17.9. The lowest BCUT2D eigenvalue weighted by Gasteiger charge is -1.99. The van der Waals surface area contributed by atoms with Crippen LogP contribution in [0.1, 0.15) is 32.6 Å². The van der Waals surface area contributed by atoms with Gasteiger partial charge in [0, 0.05) is 6.54 Å². The Morgan fingerprint density at radius 2 is 2.27 bits per heavy atom. The third kappa shape index (κ3) is 5.02. The molecule has 0 aromatic carbocycles. The van der Waals surface area contributed by atoms with Crippen LogP contribution in [-0.4, -0.2) is 13.1 Å². The summed E-state index contributed by atoms with van der Waals surface area (Å²) in [6.07, 6.45) is 10.1. The molecule has 0 aromatic rings. The Labute approximate surface area is 69.9 Å². The van der Waals surface area contributed by atoms with E-state index in [2.05, 4.69) is 24.4 Å². The van der Waals surface area contributed by atoms with E-state index in [1.165, 1.54) is 32.2 Å². The minimum atomic E-state index is 1.04. The molecule has 11 heavy (non-hydrogen) atoms. The zero-order valence-electron chi connectivity index (χ0n) is 7.47. The second-order valence-corrected chi connectivity index (χ2v) is 3.36. The molecule has 0 saturated heterocycles. The number of nitrogens with one attached hydrogen (secondary N) is 1. The van der Waals surface area contributed by atoms with Crippen molar-refractivity contribution in [3.05, 3.63) is 12.2 Å². The van der Waals surface area contributed by atoms with Gasteiger partial charge in [-0.05, 0) is 32.2 Å². The molecule has 0 atom stereocenters. The van der Waals surface area contributed by atoms with E-state index in [1.807, 2.05) is 0 Å². The van der Waals surface area contributed by atoms with Crippen LogP contribution < -0.4 is 5.32 Å². The van der Waals surface area contributed by atoms with Crippen molar-refractivity contribution in [2.45, 2.75) is 32.6 Å². The van der Waals surface area contributed by atoms with Gasteiger partial charge in [0.1, 0.15) is 0 Å². The molecule has 0 amide bonds. The summed E-state index contributed by atoms with van der Waals surface area (Å²) in [6.45, 7) is 4.30. The average Bonchev–Trinajstić information content (AvgIpc) is 2.80. The van der Waals surface area contributed by atoms with Crippen LogP contribution in [0.2, 0.25) is 0 Å². The van der Waals surface area contributed by atoms with Crippen molar-refractivity contribution in [1.82, 2.24) is 5.32 Å². The molecule has 1 rings (SSSR count). The number of hydrogen-bond acceptors (Lipinski definition) is 1. The summed E-state index contributed by atoms with van der Waals surface area (Å²) in [6, 6.07) is 0. The molecule has 1 N–H and O–H groups in total. The van der Waals surface area contributed by atoms with E-state index in [0.29, 0.717) is 0 Å². The molecule has 0 spiro atoms. The third-order valence-electron chi connectivity index (χ3n) is 2.16. The van der Waals surface area contributed by atoms with Crippen molar-refractivity contribution < 1.29 is 0 Å². The zero-order valence-corrected chi connectivity index (χ0v) is 7.47. The van der Waals surface area contributed by atoms with E-state index in [0.717, 1.165) is 12.5 Å². The van der Waals surface area contributed by atoms with Crippen LogP contribution in [0.5, 0.6) is 0 Å². The minimum absolute atomic E-state index is 1.04. The monoisotopic (exact) mass is 153 g/mol. The van der Waals surface area contributed by atoms with E-state index in [9.17, 15) is 0 Å². The lowest BCUT2D eigenvalue weighted by Crippen LogP contribution is -2.14. The smallest absolute Gasteiger partial charge is 0.0134 e. The molecule has 0 aromatic heterocycles. The summed E-state index contributed by atoms with van der Waals surface area (Å²) in [5, 5.41) is 3.38. The van der Waals surface area contributed by atoms with Gasteiger partial charge in [-0.3, -0.25) is 0 Å². The Bertz CT molecular complexity index is 114. The van der Waals surface area contributed by atoms with Crippen molar-refractivity contribution in [3.63, 3.8) is 0 Å². The zero-order chi connectivity index (χ0) is 7.94. The molecule has 0 heterocycles. The molecule has 0 unspecified atom stereocenters. The van der Waals surface area contributed by atoms with Crippen molar-refractivity contribution in [1.29, 1.82) is 0 Å². The molecule has 64 valence electrons. The molecule has 1 saturated carbocycles. The van der Waals surface area contributed by atoms with Crippen molar-refractivity contribution in [2.24, 2.45) is 5.92 Å². The third-order valence-corrected chi connectivity index (χ3v) is 2.16. The van der Waals surface area contributed by atoms with Crippen molar-refractivity contribution >= 4 is 0 Å². The highest BCUT2D eigenvalue weighted by atomic mass is 14.8. The topological polar surface area (TPSA) is 12.0 Å². The predicted octanol–water partition coefficient (Wildman–Crippen LogP) is 2.34. The van der Waals surface area contributed by atoms with Crippen LogP contribution in [0.25, 0.3) is 0 Å². The maximum absolute atomic E-state index is 3.38.